The first-order chi connectivity index (χ1) is 17.7. The maximum Gasteiger partial charge on any atom is 0.322 e. The van der Waals surface area contributed by atoms with Crippen LogP contribution in [0.25, 0.3) is 10.8 Å². The normalized spacial score (nSPS) is 18.9. The van der Waals surface area contributed by atoms with Crippen LogP contribution in [-0.4, -0.2) is 75.6 Å². The Bertz CT molecular complexity index is 1290. The van der Waals surface area contributed by atoms with E-state index in [-0.39, 0.29) is 24.0 Å². The van der Waals surface area contributed by atoms with E-state index in [1.807, 2.05) is 6.92 Å². The van der Waals surface area contributed by atoms with Gasteiger partial charge < -0.3 is 21.1 Å². The van der Waals surface area contributed by atoms with Crippen molar-refractivity contribution in [2.24, 2.45) is 0 Å². The summed E-state index contributed by atoms with van der Waals surface area (Å²) in [5.41, 5.74) is 1.21. The highest BCUT2D eigenvalue weighted by atomic mass is 32.2. The van der Waals surface area contributed by atoms with E-state index in [2.05, 4.69) is 16.0 Å². The number of nitrogens with one attached hydrogen (secondary N) is 3. The van der Waals surface area contributed by atoms with Crippen LogP contribution in [0.3, 0.4) is 0 Å². The summed E-state index contributed by atoms with van der Waals surface area (Å²) >= 11 is 1.13. The van der Waals surface area contributed by atoms with Crippen molar-refractivity contribution in [1.82, 2.24) is 15.5 Å². The third-order valence-corrected chi connectivity index (χ3v) is 7.48. The molecule has 0 saturated carbocycles. The molecule has 194 valence electrons. The number of carbonyl (C=O) groups is 6. The highest BCUT2D eigenvalue weighted by molar-refractivity contribution is 8.00. The predicted molar refractivity (Wildman–Crippen MR) is 136 cm³/mol. The predicted octanol–water partition coefficient (Wildman–Crippen LogP) is 1.37. The van der Waals surface area contributed by atoms with Crippen LogP contribution in [0.4, 0.5) is 5.69 Å². The molecule has 0 spiro atoms. The van der Waals surface area contributed by atoms with E-state index in [9.17, 15) is 28.8 Å². The van der Waals surface area contributed by atoms with E-state index in [0.717, 1.165) is 18.2 Å². The Kier molecular flexibility index (Phi) is 7.77. The van der Waals surface area contributed by atoms with E-state index in [1.165, 1.54) is 4.90 Å². The Labute approximate surface area is 216 Å². The number of carboxylic acids is 1. The minimum absolute atomic E-state index is 0.161. The van der Waals surface area contributed by atoms with Gasteiger partial charge >= 0.3 is 5.97 Å². The average molecular weight is 527 g/mol. The van der Waals surface area contributed by atoms with Crippen molar-refractivity contribution in [2.45, 2.75) is 37.5 Å². The van der Waals surface area contributed by atoms with Crippen molar-refractivity contribution < 1.29 is 33.9 Å². The van der Waals surface area contributed by atoms with Crippen LogP contribution in [0.5, 0.6) is 0 Å². The SMILES string of the molecule is CCCCN1C(=O)c2cccc3c(NC(=O)C[C@H]4SC[C@@H](C(=O)NCC(=O)O)NC4=O)ccc(c23)C1=O. The van der Waals surface area contributed by atoms with Crippen molar-refractivity contribution >= 4 is 63.7 Å². The Morgan fingerprint density at radius 2 is 1.84 bits per heavy atom. The van der Waals surface area contributed by atoms with Crippen LogP contribution < -0.4 is 16.0 Å². The van der Waals surface area contributed by atoms with Crippen molar-refractivity contribution in [2.75, 3.05) is 24.2 Å². The molecule has 12 heteroatoms. The maximum absolute atomic E-state index is 13.0. The number of imide groups is 1. The molecule has 2 aliphatic rings. The fraction of sp³-hybridized carbons (Fsp3) is 0.360. The van der Waals surface area contributed by atoms with Gasteiger partial charge in [0.05, 0.1) is 5.25 Å². The van der Waals surface area contributed by atoms with Crippen LogP contribution in [0, 0.1) is 0 Å². The van der Waals surface area contributed by atoms with Gasteiger partial charge in [-0.1, -0.05) is 25.5 Å². The van der Waals surface area contributed by atoms with E-state index < -0.39 is 41.5 Å². The number of nitrogens with zero attached hydrogens (tertiary/aromatic N) is 1. The zero-order valence-electron chi connectivity index (χ0n) is 20.0. The van der Waals surface area contributed by atoms with Gasteiger partial charge in [0.25, 0.3) is 11.8 Å². The van der Waals surface area contributed by atoms with Gasteiger partial charge in [-0.15, -0.1) is 11.8 Å². The zero-order valence-corrected chi connectivity index (χ0v) is 20.9. The Hall–Kier alpha value is -3.93. The van der Waals surface area contributed by atoms with Gasteiger partial charge in [-0.3, -0.25) is 33.7 Å². The lowest BCUT2D eigenvalue weighted by Gasteiger charge is -2.28. The molecule has 2 aromatic rings. The number of hydrogen-bond donors (Lipinski definition) is 4. The van der Waals surface area contributed by atoms with E-state index in [4.69, 9.17) is 5.11 Å². The smallest absolute Gasteiger partial charge is 0.322 e. The van der Waals surface area contributed by atoms with Crippen LogP contribution in [0.2, 0.25) is 0 Å². The summed E-state index contributed by atoms with van der Waals surface area (Å²) < 4.78 is 0. The number of rotatable bonds is 9. The molecule has 0 aromatic heterocycles. The van der Waals surface area contributed by atoms with Crippen molar-refractivity contribution in [3.8, 4) is 0 Å². The molecular weight excluding hydrogens is 500 g/mol. The number of carbonyl (C=O) groups excluding carboxylic acids is 5. The molecule has 37 heavy (non-hydrogen) atoms. The highest BCUT2D eigenvalue weighted by Gasteiger charge is 2.35. The number of carboxylic acid groups (broad SMARTS) is 1. The molecular formula is C25H26N4O7S. The number of hydrogen-bond acceptors (Lipinski definition) is 7. The van der Waals surface area contributed by atoms with Crippen LogP contribution in [0.1, 0.15) is 46.9 Å². The lowest BCUT2D eigenvalue weighted by atomic mass is 9.93. The Balaban J connectivity index is 1.45. The number of thioether (sulfide) groups is 1. The first-order valence-electron chi connectivity index (χ1n) is 11.8. The molecule has 0 radical (unpaired) electrons. The maximum atomic E-state index is 13.0. The first kappa shape index (κ1) is 26.1. The lowest BCUT2D eigenvalue weighted by Crippen LogP contribution is -2.55. The van der Waals surface area contributed by atoms with Crippen LogP contribution >= 0.6 is 11.8 Å². The third kappa shape index (κ3) is 5.43. The minimum atomic E-state index is -1.20. The molecule has 5 amide bonds. The lowest BCUT2D eigenvalue weighted by molar-refractivity contribution is -0.138. The van der Waals surface area contributed by atoms with Crippen molar-refractivity contribution in [1.29, 1.82) is 0 Å². The average Bonchev–Trinajstić information content (AvgIpc) is 2.87. The summed E-state index contributed by atoms with van der Waals surface area (Å²) in [5, 5.41) is 16.5. The molecule has 2 atom stereocenters. The van der Waals surface area contributed by atoms with Crippen LogP contribution in [0.15, 0.2) is 30.3 Å². The third-order valence-electron chi connectivity index (χ3n) is 6.18. The molecule has 0 bridgehead atoms. The second-order valence-corrected chi connectivity index (χ2v) is 9.99. The number of benzene rings is 2. The number of amides is 5. The second-order valence-electron chi connectivity index (χ2n) is 8.75. The summed E-state index contributed by atoms with van der Waals surface area (Å²) in [6.07, 6.45) is 1.39. The monoisotopic (exact) mass is 526 g/mol. The molecule has 0 unspecified atom stereocenters. The number of anilines is 1. The highest BCUT2D eigenvalue weighted by Crippen LogP contribution is 2.35. The van der Waals surface area contributed by atoms with Gasteiger partial charge in [0, 0.05) is 46.3 Å². The van der Waals surface area contributed by atoms with E-state index in [1.54, 1.807) is 30.3 Å². The molecule has 1 fully saturated rings. The Morgan fingerprint density at radius 1 is 1.11 bits per heavy atom. The number of aliphatic carboxylic acids is 1. The fourth-order valence-electron chi connectivity index (χ4n) is 4.32. The molecule has 2 aromatic carbocycles. The zero-order chi connectivity index (χ0) is 26.7. The van der Waals surface area contributed by atoms with Gasteiger partial charge in [-0.25, -0.2) is 0 Å². The quantitative estimate of drug-likeness (QED) is 0.356. The Morgan fingerprint density at radius 3 is 2.51 bits per heavy atom. The van der Waals surface area contributed by atoms with Gasteiger partial charge in [-0.2, -0.15) is 0 Å². The van der Waals surface area contributed by atoms with E-state index in [0.29, 0.717) is 40.6 Å². The first-order valence-corrected chi connectivity index (χ1v) is 12.9. The van der Waals surface area contributed by atoms with E-state index >= 15 is 0 Å². The molecule has 1 saturated heterocycles. The van der Waals surface area contributed by atoms with Gasteiger partial charge in [-0.05, 0) is 24.6 Å². The largest absolute Gasteiger partial charge is 0.480 e. The summed E-state index contributed by atoms with van der Waals surface area (Å²) in [4.78, 5) is 75.2. The van der Waals surface area contributed by atoms with Crippen LogP contribution in [-0.2, 0) is 19.2 Å². The molecule has 0 aliphatic carbocycles. The fourth-order valence-corrected chi connectivity index (χ4v) is 5.47. The topological polar surface area (TPSA) is 162 Å². The molecule has 4 rings (SSSR count). The van der Waals surface area contributed by atoms with Gasteiger partial charge in [0.1, 0.15) is 12.6 Å². The van der Waals surface area contributed by atoms with Gasteiger partial charge in [0.2, 0.25) is 17.7 Å². The number of unbranched alkanes of at least 4 members (excludes halogenated alkanes) is 1. The molecule has 11 nitrogen and oxygen atoms in total. The minimum Gasteiger partial charge on any atom is -0.480 e. The molecule has 2 aliphatic heterocycles. The summed E-state index contributed by atoms with van der Waals surface area (Å²) in [6.45, 7) is 1.77. The summed E-state index contributed by atoms with van der Waals surface area (Å²) in [5.74, 6) is -3.28. The van der Waals surface area contributed by atoms with Gasteiger partial charge in [0.15, 0.2) is 0 Å². The molecule has 2 heterocycles. The molecule has 4 N–H and O–H groups in total. The van der Waals surface area contributed by atoms with Crippen molar-refractivity contribution in [3.05, 3.63) is 41.5 Å². The van der Waals surface area contributed by atoms with Crippen molar-refractivity contribution in [3.63, 3.8) is 0 Å². The standard InChI is InChI=1S/C25H26N4O7S/c1-2-3-9-29-24(35)14-6-4-5-13-16(8-7-15(21(13)14)25(29)36)27-19(30)10-18-23(34)28-17(12-37-18)22(33)26-11-20(31)32/h4-8,17-18H,2-3,9-12H2,1H3,(H,26,33)(H,27,30)(H,28,34)(H,31,32)/t17-,18+/m0/s1. The summed E-state index contributed by atoms with van der Waals surface area (Å²) in [6, 6.07) is 7.41. The second kappa shape index (κ2) is 11.0. The summed E-state index contributed by atoms with van der Waals surface area (Å²) in [7, 11) is 0.